The maximum atomic E-state index is 12.9. The van der Waals surface area contributed by atoms with Gasteiger partial charge in [0.15, 0.2) is 0 Å². The summed E-state index contributed by atoms with van der Waals surface area (Å²) in [5.74, 6) is -1.01. The molecule has 0 aliphatic carbocycles. The van der Waals surface area contributed by atoms with E-state index in [0.29, 0.717) is 5.69 Å². The van der Waals surface area contributed by atoms with Crippen LogP contribution in [-0.4, -0.2) is 35.8 Å². The van der Waals surface area contributed by atoms with Crippen LogP contribution in [0.2, 0.25) is 0 Å². The third-order valence-electron chi connectivity index (χ3n) is 3.55. The summed E-state index contributed by atoms with van der Waals surface area (Å²) in [5, 5.41) is 2.55. The summed E-state index contributed by atoms with van der Waals surface area (Å²) >= 11 is 0. The molecule has 0 heterocycles. The minimum absolute atomic E-state index is 0.0689. The van der Waals surface area contributed by atoms with Gasteiger partial charge in [0.2, 0.25) is 26.0 Å². The zero-order valence-electron chi connectivity index (χ0n) is 15.0. The van der Waals surface area contributed by atoms with Crippen molar-refractivity contribution < 1.29 is 26.0 Å². The van der Waals surface area contributed by atoms with E-state index in [2.05, 4.69) is 14.8 Å². The molecule has 0 fully saturated rings. The molecule has 2 aromatic carbocycles. The summed E-state index contributed by atoms with van der Waals surface area (Å²) < 4.78 is 65.3. The molecule has 1 amide bonds. The molecular weight excluding hydrogens is 409 g/mol. The fraction of sp³-hybridized carbons (Fsp3) is 0.235. The second kappa shape index (κ2) is 9.24. The van der Waals surface area contributed by atoms with Crippen molar-refractivity contribution in [1.82, 2.24) is 9.44 Å². The smallest absolute Gasteiger partial charge is 0.240 e. The van der Waals surface area contributed by atoms with Gasteiger partial charge in [0.25, 0.3) is 0 Å². The minimum atomic E-state index is -3.84. The predicted molar refractivity (Wildman–Crippen MR) is 102 cm³/mol. The Hall–Kier alpha value is -2.34. The maximum absolute atomic E-state index is 12.9. The topological polar surface area (TPSA) is 121 Å². The number of rotatable bonds is 9. The molecule has 0 aliphatic heterocycles. The highest BCUT2D eigenvalue weighted by atomic mass is 32.2. The van der Waals surface area contributed by atoms with Crippen LogP contribution in [0, 0.1) is 5.82 Å². The van der Waals surface area contributed by atoms with Crippen LogP contribution in [0.25, 0.3) is 0 Å². The normalized spacial score (nSPS) is 11.9. The van der Waals surface area contributed by atoms with Crippen molar-refractivity contribution in [2.45, 2.75) is 23.1 Å². The lowest BCUT2D eigenvalue weighted by molar-refractivity contribution is -0.116. The Bertz CT molecular complexity index is 1020. The van der Waals surface area contributed by atoms with Crippen LogP contribution in [0.1, 0.15) is 13.3 Å². The van der Waals surface area contributed by atoms with Crippen molar-refractivity contribution >= 4 is 31.6 Å². The van der Waals surface area contributed by atoms with E-state index in [0.717, 1.165) is 24.3 Å². The summed E-state index contributed by atoms with van der Waals surface area (Å²) in [6.45, 7) is 1.77. The molecule has 0 radical (unpaired) electrons. The van der Waals surface area contributed by atoms with E-state index >= 15 is 0 Å². The average Bonchev–Trinajstić information content (AvgIpc) is 2.62. The van der Waals surface area contributed by atoms with Gasteiger partial charge in [0.05, 0.1) is 9.79 Å². The molecule has 0 aromatic heterocycles. The fourth-order valence-corrected chi connectivity index (χ4v) is 4.28. The zero-order chi connectivity index (χ0) is 20.8. The Morgan fingerprint density at radius 2 is 1.36 bits per heavy atom. The van der Waals surface area contributed by atoms with Gasteiger partial charge in [-0.05, 0) is 48.5 Å². The van der Waals surface area contributed by atoms with E-state index in [-0.39, 0.29) is 29.3 Å². The SMILES string of the molecule is CCNS(=O)(=O)c1ccc(NC(=O)CCNS(=O)(=O)c2ccc(F)cc2)cc1. The summed E-state index contributed by atoms with van der Waals surface area (Å²) in [5.41, 5.74) is 0.377. The van der Waals surface area contributed by atoms with Gasteiger partial charge in [-0.1, -0.05) is 6.92 Å². The van der Waals surface area contributed by atoms with Gasteiger partial charge in [0.1, 0.15) is 5.82 Å². The molecule has 0 bridgehead atoms. The molecule has 0 saturated carbocycles. The lowest BCUT2D eigenvalue weighted by Gasteiger charge is -2.09. The standard InChI is InChI=1S/C17H20FN3O5S2/c1-2-19-27(23,24)16-9-5-14(6-10-16)21-17(22)11-12-20-28(25,26)15-7-3-13(18)4-8-15/h3-10,19-20H,2,11-12H2,1H3,(H,21,22). The van der Waals surface area contributed by atoms with E-state index in [1.54, 1.807) is 6.92 Å². The first kappa shape index (κ1) is 22.0. The first-order chi connectivity index (χ1) is 13.1. The third-order valence-corrected chi connectivity index (χ3v) is 6.59. The Balaban J connectivity index is 1.88. The highest BCUT2D eigenvalue weighted by molar-refractivity contribution is 7.89. The number of anilines is 1. The number of amides is 1. The Labute approximate surface area is 163 Å². The fourth-order valence-electron chi connectivity index (χ4n) is 2.21. The number of carbonyl (C=O) groups is 1. The predicted octanol–water partition coefficient (Wildman–Crippen LogP) is 1.43. The average molecular weight is 429 g/mol. The van der Waals surface area contributed by atoms with Gasteiger partial charge in [-0.25, -0.2) is 30.7 Å². The second-order valence-corrected chi connectivity index (χ2v) is 9.21. The number of nitrogens with one attached hydrogen (secondary N) is 3. The lowest BCUT2D eigenvalue weighted by atomic mass is 10.3. The molecule has 0 unspecified atom stereocenters. The molecule has 8 nitrogen and oxygen atoms in total. The van der Waals surface area contributed by atoms with Gasteiger partial charge in [0, 0.05) is 25.2 Å². The molecule has 0 saturated heterocycles. The summed E-state index contributed by atoms with van der Waals surface area (Å²) in [7, 11) is -7.42. The Morgan fingerprint density at radius 1 is 0.857 bits per heavy atom. The number of hydrogen-bond donors (Lipinski definition) is 3. The quantitative estimate of drug-likeness (QED) is 0.557. The molecule has 2 rings (SSSR count). The monoisotopic (exact) mass is 429 g/mol. The number of sulfonamides is 2. The van der Waals surface area contributed by atoms with Crippen LogP contribution < -0.4 is 14.8 Å². The first-order valence-corrected chi connectivity index (χ1v) is 11.3. The van der Waals surface area contributed by atoms with Crippen molar-refractivity contribution in [2.24, 2.45) is 0 Å². The van der Waals surface area contributed by atoms with Crippen molar-refractivity contribution in [1.29, 1.82) is 0 Å². The van der Waals surface area contributed by atoms with Gasteiger partial charge in [-0.15, -0.1) is 0 Å². The van der Waals surface area contributed by atoms with Gasteiger partial charge in [-0.3, -0.25) is 4.79 Å². The van der Waals surface area contributed by atoms with Crippen LogP contribution in [0.15, 0.2) is 58.3 Å². The van der Waals surface area contributed by atoms with Crippen LogP contribution in [0.3, 0.4) is 0 Å². The van der Waals surface area contributed by atoms with E-state index in [9.17, 15) is 26.0 Å². The molecular formula is C17H20FN3O5S2. The first-order valence-electron chi connectivity index (χ1n) is 8.29. The van der Waals surface area contributed by atoms with Crippen LogP contribution in [-0.2, 0) is 24.8 Å². The second-order valence-electron chi connectivity index (χ2n) is 5.68. The molecule has 152 valence electrons. The summed E-state index contributed by atoms with van der Waals surface area (Å²) in [6, 6.07) is 9.88. The zero-order valence-corrected chi connectivity index (χ0v) is 16.6. The van der Waals surface area contributed by atoms with E-state index < -0.39 is 31.8 Å². The molecule has 3 N–H and O–H groups in total. The van der Waals surface area contributed by atoms with E-state index in [4.69, 9.17) is 0 Å². The third kappa shape index (κ3) is 6.09. The van der Waals surface area contributed by atoms with Gasteiger partial charge in [-0.2, -0.15) is 0 Å². The maximum Gasteiger partial charge on any atom is 0.240 e. The Morgan fingerprint density at radius 3 is 1.89 bits per heavy atom. The lowest BCUT2D eigenvalue weighted by Crippen LogP contribution is -2.27. The molecule has 2 aromatic rings. The Kier molecular flexibility index (Phi) is 7.24. The summed E-state index contributed by atoms with van der Waals surface area (Å²) in [4.78, 5) is 11.9. The van der Waals surface area contributed by atoms with Gasteiger partial charge < -0.3 is 5.32 Å². The molecule has 0 spiro atoms. The van der Waals surface area contributed by atoms with E-state index in [1.807, 2.05) is 0 Å². The van der Waals surface area contributed by atoms with Crippen LogP contribution >= 0.6 is 0 Å². The molecule has 0 aliphatic rings. The molecule has 28 heavy (non-hydrogen) atoms. The van der Waals surface area contributed by atoms with Gasteiger partial charge >= 0.3 is 0 Å². The minimum Gasteiger partial charge on any atom is -0.326 e. The highest BCUT2D eigenvalue weighted by Crippen LogP contribution is 2.14. The number of hydrogen-bond acceptors (Lipinski definition) is 5. The van der Waals surface area contributed by atoms with Crippen molar-refractivity contribution in [3.63, 3.8) is 0 Å². The highest BCUT2D eigenvalue weighted by Gasteiger charge is 2.15. The largest absolute Gasteiger partial charge is 0.326 e. The van der Waals surface area contributed by atoms with Crippen molar-refractivity contribution in [3.8, 4) is 0 Å². The van der Waals surface area contributed by atoms with Crippen molar-refractivity contribution in [3.05, 3.63) is 54.3 Å². The summed E-state index contributed by atoms with van der Waals surface area (Å²) in [6.07, 6.45) is -0.141. The number of halogens is 1. The van der Waals surface area contributed by atoms with E-state index in [1.165, 1.54) is 24.3 Å². The number of carbonyl (C=O) groups excluding carboxylic acids is 1. The molecule has 0 atom stereocenters. The van der Waals surface area contributed by atoms with Crippen molar-refractivity contribution in [2.75, 3.05) is 18.4 Å². The van der Waals surface area contributed by atoms with Crippen LogP contribution in [0.4, 0.5) is 10.1 Å². The number of benzene rings is 2. The molecule has 11 heteroatoms. The van der Waals surface area contributed by atoms with Crippen LogP contribution in [0.5, 0.6) is 0 Å².